The molecule has 136 valence electrons. The Morgan fingerprint density at radius 2 is 1.96 bits per heavy atom. The van der Waals surface area contributed by atoms with Gasteiger partial charge >= 0.3 is 11.9 Å². The predicted octanol–water partition coefficient (Wildman–Crippen LogP) is 1.24. The van der Waals surface area contributed by atoms with Crippen LogP contribution in [0.3, 0.4) is 0 Å². The molecule has 0 spiro atoms. The molecule has 1 aliphatic heterocycles. The Hall–Kier alpha value is -2.06. The molecule has 0 bridgehead atoms. The van der Waals surface area contributed by atoms with Crippen molar-refractivity contribution in [2.24, 2.45) is 0 Å². The summed E-state index contributed by atoms with van der Waals surface area (Å²) < 4.78 is 4.42. The first-order chi connectivity index (χ1) is 11.8. The van der Waals surface area contributed by atoms with Crippen LogP contribution < -0.4 is 10.6 Å². The van der Waals surface area contributed by atoms with Crippen LogP contribution in [0, 0.1) is 0 Å². The molecule has 0 radical (unpaired) electrons. The SMILES string of the molecule is CCOC(=O)[C@@H](NC(=O)c1ccccc1)[C@@H]1N[C@H](C(=O)O)C(C)(C)S1. The van der Waals surface area contributed by atoms with E-state index in [4.69, 9.17) is 4.74 Å². The van der Waals surface area contributed by atoms with Crippen molar-refractivity contribution in [3.63, 3.8) is 0 Å². The number of carbonyl (C=O) groups is 3. The van der Waals surface area contributed by atoms with Crippen molar-refractivity contribution < 1.29 is 24.2 Å². The van der Waals surface area contributed by atoms with Crippen LogP contribution in [0.25, 0.3) is 0 Å². The zero-order valence-corrected chi connectivity index (χ0v) is 15.1. The summed E-state index contributed by atoms with van der Waals surface area (Å²) in [7, 11) is 0. The van der Waals surface area contributed by atoms with Gasteiger partial charge in [-0.05, 0) is 32.9 Å². The zero-order chi connectivity index (χ0) is 18.6. The number of ether oxygens (including phenoxy) is 1. The van der Waals surface area contributed by atoms with Gasteiger partial charge in [0.2, 0.25) is 0 Å². The number of rotatable bonds is 6. The molecule has 1 aromatic rings. The molecule has 3 N–H and O–H groups in total. The van der Waals surface area contributed by atoms with Gasteiger partial charge in [0, 0.05) is 10.3 Å². The number of aliphatic carboxylic acids is 1. The van der Waals surface area contributed by atoms with E-state index in [0.717, 1.165) is 0 Å². The van der Waals surface area contributed by atoms with Gasteiger partial charge in [-0.15, -0.1) is 11.8 Å². The standard InChI is InChI=1S/C17H22N2O5S/c1-4-24-16(23)11(18-13(20)10-8-6-5-7-9-10)14-19-12(15(21)22)17(2,3)25-14/h5-9,11-12,14,19H,4H2,1-3H3,(H,18,20)(H,21,22)/t11-,12+,14+/m0/s1. The summed E-state index contributed by atoms with van der Waals surface area (Å²) in [5.41, 5.74) is 0.411. The summed E-state index contributed by atoms with van der Waals surface area (Å²) in [4.78, 5) is 36.2. The fourth-order valence-electron chi connectivity index (χ4n) is 2.63. The van der Waals surface area contributed by atoms with E-state index >= 15 is 0 Å². The Morgan fingerprint density at radius 1 is 1.32 bits per heavy atom. The lowest BCUT2D eigenvalue weighted by molar-refractivity contribution is -0.146. The van der Waals surface area contributed by atoms with Crippen LogP contribution in [0.2, 0.25) is 0 Å². The summed E-state index contributed by atoms with van der Waals surface area (Å²) >= 11 is 1.30. The van der Waals surface area contributed by atoms with Gasteiger partial charge in [0.1, 0.15) is 6.04 Å². The van der Waals surface area contributed by atoms with E-state index < -0.39 is 40.1 Å². The maximum Gasteiger partial charge on any atom is 0.331 e. The molecule has 1 fully saturated rings. The van der Waals surface area contributed by atoms with E-state index in [1.807, 2.05) is 0 Å². The van der Waals surface area contributed by atoms with Crippen molar-refractivity contribution in [1.29, 1.82) is 0 Å². The highest BCUT2D eigenvalue weighted by molar-refractivity contribution is 8.01. The van der Waals surface area contributed by atoms with E-state index in [0.29, 0.717) is 5.56 Å². The molecule has 1 aromatic carbocycles. The quantitative estimate of drug-likeness (QED) is 0.651. The third kappa shape index (κ3) is 4.52. The number of esters is 1. The van der Waals surface area contributed by atoms with Crippen LogP contribution >= 0.6 is 11.8 Å². The molecule has 1 aliphatic rings. The molecular formula is C17H22N2O5S. The van der Waals surface area contributed by atoms with E-state index in [2.05, 4.69) is 10.6 Å². The first kappa shape index (κ1) is 19.3. The minimum atomic E-state index is -1.00. The summed E-state index contributed by atoms with van der Waals surface area (Å²) in [5, 5.41) is 14.4. The average molecular weight is 366 g/mol. The van der Waals surface area contributed by atoms with Crippen LogP contribution in [0.4, 0.5) is 0 Å². The average Bonchev–Trinajstić information content (AvgIpc) is 2.88. The van der Waals surface area contributed by atoms with Gasteiger partial charge in [-0.25, -0.2) is 4.79 Å². The lowest BCUT2D eigenvalue weighted by Crippen LogP contribution is -2.54. The lowest BCUT2D eigenvalue weighted by atomic mass is 10.0. The van der Waals surface area contributed by atoms with Crippen molar-refractivity contribution in [3.8, 4) is 0 Å². The topological polar surface area (TPSA) is 105 Å². The van der Waals surface area contributed by atoms with Crippen LogP contribution in [0.1, 0.15) is 31.1 Å². The van der Waals surface area contributed by atoms with Crippen LogP contribution in [-0.2, 0) is 14.3 Å². The highest BCUT2D eigenvalue weighted by Crippen LogP contribution is 2.39. The van der Waals surface area contributed by atoms with Gasteiger partial charge in [0.25, 0.3) is 5.91 Å². The molecule has 0 unspecified atom stereocenters. The highest BCUT2D eigenvalue weighted by atomic mass is 32.2. The van der Waals surface area contributed by atoms with Crippen molar-refractivity contribution in [2.75, 3.05) is 6.61 Å². The third-order valence-corrected chi connectivity index (χ3v) is 5.38. The first-order valence-electron chi connectivity index (χ1n) is 7.95. The van der Waals surface area contributed by atoms with Gasteiger partial charge in [-0.3, -0.25) is 14.9 Å². The molecule has 8 heteroatoms. The van der Waals surface area contributed by atoms with Crippen LogP contribution in [0.15, 0.2) is 30.3 Å². The van der Waals surface area contributed by atoms with Gasteiger partial charge in [-0.1, -0.05) is 18.2 Å². The number of nitrogens with one attached hydrogen (secondary N) is 2. The fraction of sp³-hybridized carbons (Fsp3) is 0.471. The Labute approximate surface area is 150 Å². The molecule has 7 nitrogen and oxygen atoms in total. The number of carboxylic acid groups (broad SMARTS) is 1. The van der Waals surface area contributed by atoms with Crippen molar-refractivity contribution in [3.05, 3.63) is 35.9 Å². The maximum absolute atomic E-state index is 12.4. The minimum absolute atomic E-state index is 0.166. The Bertz CT molecular complexity index is 650. The highest BCUT2D eigenvalue weighted by Gasteiger charge is 2.49. The van der Waals surface area contributed by atoms with Gasteiger partial charge in [0.15, 0.2) is 6.04 Å². The molecule has 1 saturated heterocycles. The van der Waals surface area contributed by atoms with Crippen molar-refractivity contribution in [2.45, 2.75) is 43.0 Å². The van der Waals surface area contributed by atoms with Gasteiger partial charge < -0.3 is 15.2 Å². The van der Waals surface area contributed by atoms with E-state index in [9.17, 15) is 19.5 Å². The van der Waals surface area contributed by atoms with Gasteiger partial charge in [0.05, 0.1) is 12.0 Å². The second kappa shape index (κ2) is 7.88. The molecule has 2 rings (SSSR count). The molecule has 25 heavy (non-hydrogen) atoms. The Balaban J connectivity index is 2.21. The van der Waals surface area contributed by atoms with Crippen molar-refractivity contribution >= 4 is 29.6 Å². The number of carbonyl (C=O) groups excluding carboxylic acids is 2. The summed E-state index contributed by atoms with van der Waals surface area (Å²) in [5.74, 6) is -2.02. The summed E-state index contributed by atoms with van der Waals surface area (Å²) in [6.07, 6.45) is 0. The minimum Gasteiger partial charge on any atom is -0.480 e. The molecule has 0 aromatic heterocycles. The van der Waals surface area contributed by atoms with E-state index in [1.165, 1.54) is 11.8 Å². The van der Waals surface area contributed by atoms with E-state index in [1.54, 1.807) is 51.1 Å². The van der Waals surface area contributed by atoms with Crippen LogP contribution in [0.5, 0.6) is 0 Å². The fourth-order valence-corrected chi connectivity index (χ4v) is 4.11. The normalized spacial score (nSPS) is 22.8. The first-order valence-corrected chi connectivity index (χ1v) is 8.83. The number of hydrogen-bond donors (Lipinski definition) is 3. The number of benzene rings is 1. The second-order valence-electron chi connectivity index (χ2n) is 6.15. The summed E-state index contributed by atoms with van der Waals surface area (Å²) in [6.45, 7) is 5.40. The largest absolute Gasteiger partial charge is 0.480 e. The number of amides is 1. The second-order valence-corrected chi connectivity index (χ2v) is 7.94. The molecule has 1 heterocycles. The molecular weight excluding hydrogens is 344 g/mol. The number of hydrogen-bond acceptors (Lipinski definition) is 6. The smallest absolute Gasteiger partial charge is 0.331 e. The Morgan fingerprint density at radius 3 is 2.48 bits per heavy atom. The van der Waals surface area contributed by atoms with Crippen LogP contribution in [-0.4, -0.2) is 51.8 Å². The molecule has 0 saturated carbocycles. The maximum atomic E-state index is 12.4. The summed E-state index contributed by atoms with van der Waals surface area (Å²) in [6, 6.07) is 6.66. The Kier molecular flexibility index (Phi) is 6.07. The monoisotopic (exact) mass is 366 g/mol. The third-order valence-electron chi connectivity index (χ3n) is 3.87. The zero-order valence-electron chi connectivity index (χ0n) is 14.3. The molecule has 0 aliphatic carbocycles. The molecule has 1 amide bonds. The number of thioether (sulfide) groups is 1. The van der Waals surface area contributed by atoms with Crippen molar-refractivity contribution in [1.82, 2.24) is 10.6 Å². The van der Waals surface area contributed by atoms with E-state index in [-0.39, 0.29) is 6.61 Å². The number of carboxylic acids is 1. The predicted molar refractivity (Wildman–Crippen MR) is 94.3 cm³/mol. The molecule has 3 atom stereocenters. The van der Waals surface area contributed by atoms with Gasteiger partial charge in [-0.2, -0.15) is 0 Å². The lowest BCUT2D eigenvalue weighted by Gasteiger charge is -2.23.